The van der Waals surface area contributed by atoms with Crippen molar-refractivity contribution in [2.75, 3.05) is 0 Å². The maximum absolute atomic E-state index is 12.4. The van der Waals surface area contributed by atoms with E-state index in [1.165, 1.54) is 6.20 Å². The van der Waals surface area contributed by atoms with E-state index >= 15 is 0 Å². The van der Waals surface area contributed by atoms with Crippen molar-refractivity contribution in [1.29, 1.82) is 0 Å². The van der Waals surface area contributed by atoms with Crippen LogP contribution in [0.25, 0.3) is 0 Å². The third-order valence-corrected chi connectivity index (χ3v) is 3.87. The van der Waals surface area contributed by atoms with E-state index in [0.29, 0.717) is 5.46 Å². The Hall–Kier alpha value is -0.235. The summed E-state index contributed by atoms with van der Waals surface area (Å²) < 4.78 is 25.0. The second-order valence-electron chi connectivity index (χ2n) is 4.94. The molecule has 0 spiro atoms. The molecular formula is C9H13BClFN2O2S. The summed E-state index contributed by atoms with van der Waals surface area (Å²) in [6.07, 6.45) is 1.47. The van der Waals surface area contributed by atoms with E-state index in [1.54, 1.807) is 0 Å². The minimum Gasteiger partial charge on any atom is -0.399 e. The van der Waals surface area contributed by atoms with E-state index in [1.807, 2.05) is 27.7 Å². The second kappa shape index (κ2) is 4.15. The Morgan fingerprint density at radius 3 is 2.29 bits per heavy atom. The van der Waals surface area contributed by atoms with Gasteiger partial charge < -0.3 is 9.31 Å². The van der Waals surface area contributed by atoms with Crippen LogP contribution in [-0.4, -0.2) is 27.5 Å². The van der Waals surface area contributed by atoms with Gasteiger partial charge >= 0.3 is 7.12 Å². The van der Waals surface area contributed by atoms with Crippen LogP contribution < -0.4 is 5.46 Å². The van der Waals surface area contributed by atoms with Crippen LogP contribution in [0.2, 0.25) is 5.15 Å². The maximum Gasteiger partial charge on any atom is 0.499 e. The molecule has 0 aliphatic carbocycles. The quantitative estimate of drug-likeness (QED) is 0.777. The largest absolute Gasteiger partial charge is 0.499 e. The normalized spacial score (nSPS) is 22.1. The molecule has 0 saturated carbocycles. The number of nitrogens with zero attached hydrogens (tertiary/aromatic N) is 2. The third kappa shape index (κ3) is 2.21. The first-order valence-electron chi connectivity index (χ1n) is 5.16. The average Bonchev–Trinajstić information content (AvgIpc) is 2.66. The Labute approximate surface area is 109 Å². The first kappa shape index (κ1) is 13.2. The molecule has 0 radical (unpaired) electrons. The van der Waals surface area contributed by atoms with E-state index in [4.69, 9.17) is 20.9 Å². The van der Waals surface area contributed by atoms with Crippen molar-refractivity contribution >= 4 is 36.5 Å². The van der Waals surface area contributed by atoms with Gasteiger partial charge in [-0.25, -0.2) is 0 Å². The molecule has 1 saturated heterocycles. The SMILES string of the molecule is CC1(C)OB(c2cn(SF)nc2Cl)OC1(C)C. The molecule has 1 aliphatic heterocycles. The standard InChI is InChI=1S/C9H13BClFN2O2S/c1-8(2)9(3,4)16-10(15-8)6-5-14(17-12)13-7(6)11/h5H,1-4H3. The van der Waals surface area contributed by atoms with Gasteiger partial charge in [0.15, 0.2) is 17.5 Å². The first-order chi connectivity index (χ1) is 7.77. The van der Waals surface area contributed by atoms with Crippen molar-refractivity contribution in [3.63, 3.8) is 0 Å². The summed E-state index contributed by atoms with van der Waals surface area (Å²) in [7, 11) is -0.617. The van der Waals surface area contributed by atoms with Crippen molar-refractivity contribution in [1.82, 2.24) is 9.19 Å². The molecule has 0 aromatic carbocycles. The Morgan fingerprint density at radius 1 is 1.35 bits per heavy atom. The number of halogens is 2. The molecule has 2 rings (SSSR count). The topological polar surface area (TPSA) is 36.3 Å². The van der Waals surface area contributed by atoms with E-state index in [-0.39, 0.29) is 17.5 Å². The zero-order valence-electron chi connectivity index (χ0n) is 10.0. The van der Waals surface area contributed by atoms with Crippen LogP contribution in [0.4, 0.5) is 3.89 Å². The van der Waals surface area contributed by atoms with Crippen LogP contribution in [0.3, 0.4) is 0 Å². The molecule has 0 bridgehead atoms. The molecule has 1 aromatic heterocycles. The minimum absolute atomic E-state index is 0.0276. The highest BCUT2D eigenvalue weighted by Gasteiger charge is 2.52. The van der Waals surface area contributed by atoms with Crippen LogP contribution in [-0.2, 0) is 9.31 Å². The van der Waals surface area contributed by atoms with E-state index in [2.05, 4.69) is 5.10 Å². The lowest BCUT2D eigenvalue weighted by Gasteiger charge is -2.32. The molecule has 17 heavy (non-hydrogen) atoms. The zero-order chi connectivity index (χ0) is 12.8. The van der Waals surface area contributed by atoms with Crippen LogP contribution in [0.5, 0.6) is 0 Å². The lowest BCUT2D eigenvalue weighted by molar-refractivity contribution is 0.00578. The molecule has 0 N–H and O–H groups in total. The van der Waals surface area contributed by atoms with Gasteiger partial charge in [0.2, 0.25) is 0 Å². The van der Waals surface area contributed by atoms with Crippen molar-refractivity contribution in [3.05, 3.63) is 11.3 Å². The fourth-order valence-electron chi connectivity index (χ4n) is 1.51. The Balaban J connectivity index is 2.28. The molecule has 0 amide bonds. The number of aromatic nitrogens is 2. The van der Waals surface area contributed by atoms with Gasteiger partial charge in [-0.15, -0.1) is 8.98 Å². The average molecular weight is 279 g/mol. The van der Waals surface area contributed by atoms with Crippen LogP contribution >= 0.6 is 23.9 Å². The summed E-state index contributed by atoms with van der Waals surface area (Å²) in [4.78, 5) is 0. The zero-order valence-corrected chi connectivity index (χ0v) is 11.6. The van der Waals surface area contributed by atoms with Crippen molar-refractivity contribution < 1.29 is 13.2 Å². The predicted octanol–water partition coefficient (Wildman–Crippen LogP) is 2.22. The Morgan fingerprint density at radius 2 is 1.88 bits per heavy atom. The van der Waals surface area contributed by atoms with Gasteiger partial charge in [-0.2, -0.15) is 4.09 Å². The van der Waals surface area contributed by atoms with Gasteiger partial charge in [-0.3, -0.25) is 0 Å². The summed E-state index contributed by atoms with van der Waals surface area (Å²) in [6, 6.07) is 0. The fraction of sp³-hybridized carbons (Fsp3) is 0.667. The number of rotatable bonds is 2. The highest BCUT2D eigenvalue weighted by Crippen LogP contribution is 2.36. The molecule has 4 nitrogen and oxygen atoms in total. The fourth-order valence-corrected chi connectivity index (χ4v) is 2.04. The molecule has 94 valence electrons. The molecular weight excluding hydrogens is 265 g/mol. The molecule has 8 heteroatoms. The highest BCUT2D eigenvalue weighted by atomic mass is 35.5. The molecule has 0 atom stereocenters. The van der Waals surface area contributed by atoms with E-state index in [0.717, 1.165) is 4.09 Å². The van der Waals surface area contributed by atoms with Gasteiger partial charge in [0.05, 0.1) is 11.2 Å². The summed E-state index contributed by atoms with van der Waals surface area (Å²) in [5, 5.41) is 3.97. The molecule has 2 heterocycles. The van der Waals surface area contributed by atoms with E-state index in [9.17, 15) is 3.89 Å². The maximum atomic E-state index is 12.4. The Bertz CT molecular complexity index is 425. The first-order valence-corrected chi connectivity index (χ1v) is 6.22. The van der Waals surface area contributed by atoms with Crippen LogP contribution in [0.1, 0.15) is 27.7 Å². The summed E-state index contributed by atoms with van der Waals surface area (Å²) >= 11 is 5.89. The third-order valence-electron chi connectivity index (χ3n) is 3.25. The monoisotopic (exact) mass is 278 g/mol. The van der Waals surface area contributed by atoms with Crippen LogP contribution in [0, 0.1) is 0 Å². The smallest absolute Gasteiger partial charge is 0.399 e. The van der Waals surface area contributed by atoms with Gasteiger partial charge in [-0.05, 0) is 27.7 Å². The van der Waals surface area contributed by atoms with Crippen molar-refractivity contribution in [3.8, 4) is 0 Å². The Kier molecular flexibility index (Phi) is 3.23. The van der Waals surface area contributed by atoms with Gasteiger partial charge in [0, 0.05) is 11.7 Å². The second-order valence-corrected chi connectivity index (χ2v) is 5.81. The lowest BCUT2D eigenvalue weighted by atomic mass is 9.82. The summed E-state index contributed by atoms with van der Waals surface area (Å²) in [5.74, 6) is 0. The molecule has 1 aliphatic rings. The summed E-state index contributed by atoms with van der Waals surface area (Å²) in [6.45, 7) is 7.76. The lowest BCUT2D eigenvalue weighted by Crippen LogP contribution is -2.41. The van der Waals surface area contributed by atoms with Crippen molar-refractivity contribution in [2.45, 2.75) is 38.9 Å². The number of hydrogen-bond donors (Lipinski definition) is 0. The van der Waals surface area contributed by atoms with Gasteiger partial charge in [-0.1, -0.05) is 11.6 Å². The molecule has 1 fully saturated rings. The van der Waals surface area contributed by atoms with E-state index < -0.39 is 18.3 Å². The van der Waals surface area contributed by atoms with Crippen LogP contribution in [0.15, 0.2) is 6.20 Å². The van der Waals surface area contributed by atoms with Crippen molar-refractivity contribution in [2.24, 2.45) is 0 Å². The number of hydrogen-bond acceptors (Lipinski definition) is 4. The summed E-state index contributed by atoms with van der Waals surface area (Å²) in [5.41, 5.74) is -0.367. The highest BCUT2D eigenvalue weighted by molar-refractivity contribution is 7.92. The molecule has 0 unspecified atom stereocenters. The van der Waals surface area contributed by atoms with Gasteiger partial charge in [0.25, 0.3) is 0 Å². The van der Waals surface area contributed by atoms with Gasteiger partial charge in [0.1, 0.15) is 0 Å². The predicted molar refractivity (Wildman–Crippen MR) is 67.1 cm³/mol. The minimum atomic E-state index is -0.617. The molecule has 1 aromatic rings.